The number of rotatable bonds is 9. The molecule has 26 heavy (non-hydrogen) atoms. The van der Waals surface area contributed by atoms with Gasteiger partial charge in [0.25, 0.3) is 0 Å². The molecule has 0 fully saturated rings. The Kier molecular flexibility index (Phi) is 9.98. The van der Waals surface area contributed by atoms with Crippen molar-refractivity contribution in [1.29, 1.82) is 0 Å². The van der Waals surface area contributed by atoms with Gasteiger partial charge in [0.05, 0.1) is 5.54 Å². The number of halogens is 4. The van der Waals surface area contributed by atoms with E-state index in [1.54, 1.807) is 6.92 Å². The van der Waals surface area contributed by atoms with Gasteiger partial charge in [-0.1, -0.05) is 25.5 Å². The monoisotopic (exact) mass is 398 g/mol. The second-order valence-corrected chi connectivity index (χ2v) is 6.32. The molecule has 0 heterocycles. The van der Waals surface area contributed by atoms with Crippen molar-refractivity contribution in [3.63, 3.8) is 0 Å². The van der Waals surface area contributed by atoms with Crippen LogP contribution in [-0.2, 0) is 11.2 Å². The van der Waals surface area contributed by atoms with Crippen LogP contribution in [0.5, 0.6) is 5.75 Å². The number of ether oxygens (including phenoxy) is 1. The molecule has 150 valence electrons. The van der Waals surface area contributed by atoms with Gasteiger partial charge in [0.1, 0.15) is 5.75 Å². The first-order chi connectivity index (χ1) is 11.6. The number of carbonyl (C=O) groups excluding carboxylic acids is 1. The number of aliphatic hydroxyl groups is 1. The summed E-state index contributed by atoms with van der Waals surface area (Å²) in [6.07, 6.45) is -3.01. The summed E-state index contributed by atoms with van der Waals surface area (Å²) >= 11 is 0. The van der Waals surface area contributed by atoms with Gasteiger partial charge in [0.15, 0.2) is 0 Å². The van der Waals surface area contributed by atoms with Crippen LogP contribution in [0.25, 0.3) is 0 Å². The normalized spacial score (nSPS) is 14.7. The standard InChI is InChI=1S/C17H25F3N2O3.ClH/c1-3-8-16(2,21)15(24)22-10-13(11-23)9-12-4-6-14(7-5-12)25-17(18,19)20;/h4-7,13,23H,3,8-11,21H2,1-2H3,(H,22,24);1H. The summed E-state index contributed by atoms with van der Waals surface area (Å²) in [6, 6.07) is 5.42. The molecule has 2 unspecified atom stereocenters. The van der Waals surface area contributed by atoms with Gasteiger partial charge >= 0.3 is 6.36 Å². The maximum Gasteiger partial charge on any atom is 0.573 e. The molecule has 1 rings (SSSR count). The maximum atomic E-state index is 12.1. The van der Waals surface area contributed by atoms with Crippen LogP contribution in [0, 0.1) is 5.92 Å². The summed E-state index contributed by atoms with van der Waals surface area (Å²) in [4.78, 5) is 12.1. The number of nitrogens with two attached hydrogens (primary N) is 1. The molecule has 0 aliphatic rings. The van der Waals surface area contributed by atoms with E-state index in [0.29, 0.717) is 12.8 Å². The average Bonchev–Trinajstić information content (AvgIpc) is 2.51. The summed E-state index contributed by atoms with van der Waals surface area (Å²) in [5.74, 6) is -0.860. The fourth-order valence-corrected chi connectivity index (χ4v) is 2.43. The third-order valence-corrected chi connectivity index (χ3v) is 3.78. The summed E-state index contributed by atoms with van der Waals surface area (Å²) in [5.41, 5.74) is 5.70. The molecule has 0 bridgehead atoms. The fourth-order valence-electron chi connectivity index (χ4n) is 2.43. The Morgan fingerprint density at radius 3 is 2.35 bits per heavy atom. The quantitative estimate of drug-likeness (QED) is 0.597. The van der Waals surface area contributed by atoms with E-state index in [0.717, 1.165) is 12.0 Å². The summed E-state index contributed by atoms with van der Waals surface area (Å²) < 4.78 is 40.2. The first-order valence-corrected chi connectivity index (χ1v) is 8.10. The molecule has 1 aromatic carbocycles. The Bertz CT molecular complexity index is 551. The minimum Gasteiger partial charge on any atom is -0.406 e. The zero-order valence-corrected chi connectivity index (χ0v) is 15.6. The first kappa shape index (κ1) is 24.5. The number of amides is 1. The third-order valence-electron chi connectivity index (χ3n) is 3.78. The second-order valence-electron chi connectivity index (χ2n) is 6.32. The van der Waals surface area contributed by atoms with Gasteiger partial charge in [-0.2, -0.15) is 0 Å². The Morgan fingerprint density at radius 1 is 1.31 bits per heavy atom. The van der Waals surface area contributed by atoms with Crippen molar-refractivity contribution < 1.29 is 27.8 Å². The van der Waals surface area contributed by atoms with Gasteiger partial charge < -0.3 is 20.9 Å². The van der Waals surface area contributed by atoms with Gasteiger partial charge in [-0.05, 0) is 37.5 Å². The van der Waals surface area contributed by atoms with Gasteiger partial charge in [-0.15, -0.1) is 25.6 Å². The Morgan fingerprint density at radius 2 is 1.88 bits per heavy atom. The fraction of sp³-hybridized carbons (Fsp3) is 0.588. The lowest BCUT2D eigenvalue weighted by atomic mass is 9.95. The molecule has 1 amide bonds. The van der Waals surface area contributed by atoms with Crippen molar-refractivity contribution in [2.45, 2.75) is 45.0 Å². The highest BCUT2D eigenvalue weighted by atomic mass is 35.5. The van der Waals surface area contributed by atoms with E-state index in [-0.39, 0.29) is 43.1 Å². The number of hydrogen-bond acceptors (Lipinski definition) is 4. The van der Waals surface area contributed by atoms with Crippen LogP contribution in [0.15, 0.2) is 24.3 Å². The maximum absolute atomic E-state index is 12.1. The molecule has 0 aromatic heterocycles. The van der Waals surface area contributed by atoms with E-state index in [4.69, 9.17) is 5.73 Å². The summed E-state index contributed by atoms with van der Waals surface area (Å²) in [5, 5.41) is 12.2. The number of nitrogens with one attached hydrogen (secondary N) is 1. The van der Waals surface area contributed by atoms with Crippen molar-refractivity contribution in [2.75, 3.05) is 13.2 Å². The molecule has 5 nitrogen and oxygen atoms in total. The number of alkyl halides is 3. The van der Waals surface area contributed by atoms with Gasteiger partial charge in [0.2, 0.25) is 5.91 Å². The van der Waals surface area contributed by atoms with Crippen LogP contribution in [0.3, 0.4) is 0 Å². The van der Waals surface area contributed by atoms with Crippen molar-refractivity contribution >= 4 is 18.3 Å². The molecular formula is C17H26ClF3N2O3. The lowest BCUT2D eigenvalue weighted by Crippen LogP contribution is -2.52. The van der Waals surface area contributed by atoms with Crippen LogP contribution in [0.2, 0.25) is 0 Å². The molecule has 0 spiro atoms. The van der Waals surface area contributed by atoms with E-state index >= 15 is 0 Å². The number of hydrogen-bond donors (Lipinski definition) is 3. The predicted molar refractivity (Wildman–Crippen MR) is 95.2 cm³/mol. The molecule has 4 N–H and O–H groups in total. The number of aliphatic hydroxyl groups excluding tert-OH is 1. The average molecular weight is 399 g/mol. The molecule has 1 aromatic rings. The molecule has 0 aliphatic heterocycles. The molecule has 0 aliphatic carbocycles. The lowest BCUT2D eigenvalue weighted by Gasteiger charge is -2.24. The van der Waals surface area contributed by atoms with Gasteiger partial charge in [0, 0.05) is 19.1 Å². The zero-order valence-electron chi connectivity index (χ0n) is 14.8. The third kappa shape index (κ3) is 8.73. The Balaban J connectivity index is 0.00000625. The summed E-state index contributed by atoms with van der Waals surface area (Å²) in [6.45, 7) is 3.64. The highest BCUT2D eigenvalue weighted by Crippen LogP contribution is 2.23. The van der Waals surface area contributed by atoms with Crippen LogP contribution < -0.4 is 15.8 Å². The van der Waals surface area contributed by atoms with E-state index < -0.39 is 11.9 Å². The largest absolute Gasteiger partial charge is 0.573 e. The van der Waals surface area contributed by atoms with E-state index in [1.165, 1.54) is 24.3 Å². The zero-order chi connectivity index (χ0) is 19.1. The molecule has 0 saturated carbocycles. The molecular weight excluding hydrogens is 373 g/mol. The summed E-state index contributed by atoms with van der Waals surface area (Å²) in [7, 11) is 0. The minimum atomic E-state index is -4.73. The van der Waals surface area contributed by atoms with Crippen molar-refractivity contribution in [3.05, 3.63) is 29.8 Å². The smallest absolute Gasteiger partial charge is 0.406 e. The van der Waals surface area contributed by atoms with Gasteiger partial charge in [-0.3, -0.25) is 4.79 Å². The highest BCUT2D eigenvalue weighted by molar-refractivity contribution is 5.85. The SMILES string of the molecule is CCCC(C)(N)C(=O)NCC(CO)Cc1ccc(OC(F)(F)F)cc1.Cl. The number of benzene rings is 1. The molecule has 9 heteroatoms. The Hall–Kier alpha value is -1.51. The van der Waals surface area contributed by atoms with Crippen molar-refractivity contribution in [3.8, 4) is 5.75 Å². The van der Waals surface area contributed by atoms with Crippen LogP contribution in [0.4, 0.5) is 13.2 Å². The van der Waals surface area contributed by atoms with Crippen LogP contribution in [-0.4, -0.2) is 36.1 Å². The van der Waals surface area contributed by atoms with Crippen LogP contribution >= 0.6 is 12.4 Å². The molecule has 0 saturated heterocycles. The Labute approximate surface area is 157 Å². The van der Waals surface area contributed by atoms with E-state index in [2.05, 4.69) is 10.1 Å². The lowest BCUT2D eigenvalue weighted by molar-refractivity contribution is -0.274. The van der Waals surface area contributed by atoms with Crippen molar-refractivity contribution in [1.82, 2.24) is 5.32 Å². The first-order valence-electron chi connectivity index (χ1n) is 8.10. The molecule has 2 atom stereocenters. The molecule has 0 radical (unpaired) electrons. The number of carbonyl (C=O) groups is 1. The van der Waals surface area contributed by atoms with Crippen molar-refractivity contribution in [2.24, 2.45) is 11.7 Å². The topological polar surface area (TPSA) is 84.6 Å². The second kappa shape index (κ2) is 10.6. The minimum absolute atomic E-state index is 0. The van der Waals surface area contributed by atoms with Gasteiger partial charge in [-0.25, -0.2) is 0 Å². The highest BCUT2D eigenvalue weighted by Gasteiger charge is 2.31. The van der Waals surface area contributed by atoms with E-state index in [9.17, 15) is 23.1 Å². The van der Waals surface area contributed by atoms with E-state index in [1.807, 2.05) is 6.92 Å². The van der Waals surface area contributed by atoms with Crippen LogP contribution in [0.1, 0.15) is 32.3 Å². The predicted octanol–water partition coefficient (Wildman–Crippen LogP) is 2.79.